The molecule has 7 heteroatoms. The van der Waals surface area contributed by atoms with Crippen molar-refractivity contribution < 1.29 is 23.9 Å². The first-order chi connectivity index (χ1) is 11.4. The molecule has 0 radical (unpaired) electrons. The third-order valence-electron chi connectivity index (χ3n) is 3.01. The summed E-state index contributed by atoms with van der Waals surface area (Å²) in [7, 11) is 1.34. The Morgan fingerprint density at radius 1 is 1.04 bits per heavy atom. The molecule has 0 unspecified atom stereocenters. The molecule has 0 aromatic heterocycles. The van der Waals surface area contributed by atoms with E-state index in [4.69, 9.17) is 21.1 Å². The predicted octanol–water partition coefficient (Wildman–Crippen LogP) is 3.30. The molecule has 1 N–H and O–H groups in total. The molecule has 124 valence electrons. The van der Waals surface area contributed by atoms with Crippen LogP contribution in [0.2, 0.25) is 5.02 Å². The summed E-state index contributed by atoms with van der Waals surface area (Å²) in [5.74, 6) is -1.90. The van der Waals surface area contributed by atoms with E-state index in [0.29, 0.717) is 0 Å². The summed E-state index contributed by atoms with van der Waals surface area (Å²) in [6.45, 7) is 1.32. The number of benzene rings is 2. The van der Waals surface area contributed by atoms with Gasteiger partial charge in [0.25, 0.3) is 0 Å². The fraction of sp³-hybridized carbons (Fsp3) is 0.118. The molecular weight excluding hydrogens is 334 g/mol. The molecule has 1 amide bonds. The molecule has 0 aliphatic rings. The van der Waals surface area contributed by atoms with Crippen LogP contribution in [0.1, 0.15) is 27.6 Å². The first-order valence-electron chi connectivity index (χ1n) is 6.89. The summed E-state index contributed by atoms with van der Waals surface area (Å²) in [4.78, 5) is 35.3. The number of hydrogen-bond donors (Lipinski definition) is 1. The molecule has 0 heterocycles. The number of rotatable bonds is 4. The van der Waals surface area contributed by atoms with Crippen molar-refractivity contribution in [3.63, 3.8) is 0 Å². The van der Waals surface area contributed by atoms with Gasteiger partial charge in [0.15, 0.2) is 0 Å². The molecule has 0 bridgehead atoms. The van der Waals surface area contributed by atoms with Crippen LogP contribution in [0.5, 0.6) is 5.75 Å². The lowest BCUT2D eigenvalue weighted by Gasteiger charge is -2.12. The molecule has 2 rings (SSSR count). The Bertz CT molecular complexity index is 789. The lowest BCUT2D eigenvalue weighted by molar-refractivity contribution is -0.114. The highest BCUT2D eigenvalue weighted by atomic mass is 35.5. The molecule has 0 saturated heterocycles. The standard InChI is InChI=1S/C17H14ClNO5/c1-10(20)19-14-9-15(23-2)12(8-13(14)18)17(22)24-16(21)11-6-4-3-5-7-11/h3-9H,1-2H3,(H,19,20). The van der Waals surface area contributed by atoms with Gasteiger partial charge in [-0.2, -0.15) is 0 Å². The highest BCUT2D eigenvalue weighted by molar-refractivity contribution is 6.34. The van der Waals surface area contributed by atoms with Crippen LogP contribution in [0, 0.1) is 0 Å². The maximum atomic E-state index is 12.2. The summed E-state index contributed by atoms with van der Waals surface area (Å²) in [5.41, 5.74) is 0.499. The van der Waals surface area contributed by atoms with Crippen LogP contribution < -0.4 is 10.1 Å². The van der Waals surface area contributed by atoms with Crippen LogP contribution in [-0.4, -0.2) is 25.0 Å². The fourth-order valence-electron chi connectivity index (χ4n) is 1.94. The van der Waals surface area contributed by atoms with Gasteiger partial charge in [0.2, 0.25) is 5.91 Å². The summed E-state index contributed by atoms with van der Waals surface area (Å²) < 4.78 is 9.95. The molecule has 0 atom stereocenters. The van der Waals surface area contributed by atoms with Gasteiger partial charge in [0.1, 0.15) is 11.3 Å². The normalized spacial score (nSPS) is 9.96. The van der Waals surface area contributed by atoms with Crippen molar-refractivity contribution >= 4 is 35.1 Å². The lowest BCUT2D eigenvalue weighted by atomic mass is 10.1. The number of anilines is 1. The van der Waals surface area contributed by atoms with Gasteiger partial charge in [-0.1, -0.05) is 29.8 Å². The largest absolute Gasteiger partial charge is 0.496 e. The summed E-state index contributed by atoms with van der Waals surface area (Å²) >= 11 is 6.04. The van der Waals surface area contributed by atoms with E-state index in [9.17, 15) is 14.4 Å². The van der Waals surface area contributed by atoms with E-state index in [-0.39, 0.29) is 33.5 Å². The van der Waals surface area contributed by atoms with Gasteiger partial charge in [0.05, 0.1) is 23.4 Å². The van der Waals surface area contributed by atoms with E-state index < -0.39 is 11.9 Å². The third-order valence-corrected chi connectivity index (χ3v) is 3.33. The topological polar surface area (TPSA) is 81.7 Å². The van der Waals surface area contributed by atoms with E-state index in [1.807, 2.05) is 0 Å². The maximum absolute atomic E-state index is 12.2. The Kier molecular flexibility index (Phi) is 5.55. The van der Waals surface area contributed by atoms with Crippen molar-refractivity contribution in [3.05, 3.63) is 58.6 Å². The van der Waals surface area contributed by atoms with E-state index >= 15 is 0 Å². The first kappa shape index (κ1) is 17.5. The molecule has 0 aliphatic heterocycles. The van der Waals surface area contributed by atoms with Crippen LogP contribution in [-0.2, 0) is 9.53 Å². The SMILES string of the molecule is COc1cc(NC(C)=O)c(Cl)cc1C(=O)OC(=O)c1ccccc1. The number of amides is 1. The number of methoxy groups -OCH3 is 1. The van der Waals surface area contributed by atoms with Crippen LogP contribution >= 0.6 is 11.6 Å². The molecule has 0 aliphatic carbocycles. The number of carbonyl (C=O) groups is 3. The Morgan fingerprint density at radius 2 is 1.71 bits per heavy atom. The van der Waals surface area contributed by atoms with Gasteiger partial charge in [-0.25, -0.2) is 9.59 Å². The fourth-order valence-corrected chi connectivity index (χ4v) is 2.15. The van der Waals surface area contributed by atoms with Gasteiger partial charge in [-0.15, -0.1) is 0 Å². The van der Waals surface area contributed by atoms with Gasteiger partial charge >= 0.3 is 11.9 Å². The average molecular weight is 348 g/mol. The van der Waals surface area contributed by atoms with Crippen molar-refractivity contribution in [2.24, 2.45) is 0 Å². The first-order valence-corrected chi connectivity index (χ1v) is 7.27. The zero-order chi connectivity index (χ0) is 17.7. The number of carbonyl (C=O) groups excluding carboxylic acids is 3. The monoisotopic (exact) mass is 347 g/mol. The summed E-state index contributed by atoms with van der Waals surface area (Å²) in [6.07, 6.45) is 0. The average Bonchev–Trinajstić information content (AvgIpc) is 2.56. The van der Waals surface area contributed by atoms with E-state index in [2.05, 4.69) is 5.32 Å². The number of nitrogens with one attached hydrogen (secondary N) is 1. The molecule has 6 nitrogen and oxygen atoms in total. The van der Waals surface area contributed by atoms with Gasteiger partial charge in [0, 0.05) is 13.0 Å². The Hall–Kier alpha value is -2.86. The Morgan fingerprint density at radius 3 is 2.29 bits per heavy atom. The van der Waals surface area contributed by atoms with Gasteiger partial charge < -0.3 is 14.8 Å². The second-order valence-electron chi connectivity index (χ2n) is 4.76. The van der Waals surface area contributed by atoms with Crippen molar-refractivity contribution in [2.45, 2.75) is 6.92 Å². The minimum atomic E-state index is -0.906. The summed E-state index contributed by atoms with van der Waals surface area (Å²) in [6, 6.07) is 10.8. The Labute approximate surface area is 143 Å². The second-order valence-corrected chi connectivity index (χ2v) is 5.16. The van der Waals surface area contributed by atoms with Crippen molar-refractivity contribution in [2.75, 3.05) is 12.4 Å². The number of halogens is 1. The number of ether oxygens (including phenoxy) is 2. The molecule has 2 aromatic rings. The minimum absolute atomic E-state index is 0.0270. The van der Waals surface area contributed by atoms with Crippen molar-refractivity contribution in [3.8, 4) is 5.75 Å². The van der Waals surface area contributed by atoms with E-state index in [1.165, 1.54) is 38.3 Å². The lowest BCUT2D eigenvalue weighted by Crippen LogP contribution is -2.14. The molecular formula is C17H14ClNO5. The van der Waals surface area contributed by atoms with Crippen molar-refractivity contribution in [1.82, 2.24) is 0 Å². The highest BCUT2D eigenvalue weighted by Gasteiger charge is 2.21. The Balaban J connectivity index is 2.27. The predicted molar refractivity (Wildman–Crippen MR) is 88.5 cm³/mol. The van der Waals surface area contributed by atoms with Crippen LogP contribution in [0.15, 0.2) is 42.5 Å². The molecule has 24 heavy (non-hydrogen) atoms. The van der Waals surface area contributed by atoms with Crippen LogP contribution in [0.4, 0.5) is 5.69 Å². The summed E-state index contributed by atoms with van der Waals surface area (Å²) in [5, 5.41) is 2.63. The molecule has 2 aromatic carbocycles. The minimum Gasteiger partial charge on any atom is -0.496 e. The molecule has 0 spiro atoms. The third kappa shape index (κ3) is 4.11. The van der Waals surface area contributed by atoms with Gasteiger partial charge in [-0.3, -0.25) is 4.79 Å². The van der Waals surface area contributed by atoms with E-state index in [1.54, 1.807) is 18.2 Å². The quantitative estimate of drug-likeness (QED) is 0.677. The zero-order valence-corrected chi connectivity index (χ0v) is 13.7. The van der Waals surface area contributed by atoms with Gasteiger partial charge in [-0.05, 0) is 18.2 Å². The highest BCUT2D eigenvalue weighted by Crippen LogP contribution is 2.31. The molecule has 0 saturated carbocycles. The zero-order valence-electron chi connectivity index (χ0n) is 13.0. The van der Waals surface area contributed by atoms with Crippen LogP contribution in [0.25, 0.3) is 0 Å². The smallest absolute Gasteiger partial charge is 0.349 e. The van der Waals surface area contributed by atoms with Crippen LogP contribution in [0.3, 0.4) is 0 Å². The second kappa shape index (κ2) is 7.61. The molecule has 0 fully saturated rings. The number of hydrogen-bond acceptors (Lipinski definition) is 5. The maximum Gasteiger partial charge on any atom is 0.349 e. The van der Waals surface area contributed by atoms with Crippen molar-refractivity contribution in [1.29, 1.82) is 0 Å². The van der Waals surface area contributed by atoms with E-state index in [0.717, 1.165) is 0 Å². The number of esters is 2.